The van der Waals surface area contributed by atoms with Crippen LogP contribution in [0.2, 0.25) is 0 Å². The van der Waals surface area contributed by atoms with Crippen molar-refractivity contribution >= 4 is 80.8 Å². The van der Waals surface area contributed by atoms with Gasteiger partial charge in [-0.1, -0.05) is 36.7 Å². The summed E-state index contributed by atoms with van der Waals surface area (Å²) in [4.78, 5) is 27.9. The van der Waals surface area contributed by atoms with Crippen molar-refractivity contribution in [2.75, 3.05) is 11.5 Å². The van der Waals surface area contributed by atoms with Gasteiger partial charge in [0.15, 0.2) is 0 Å². The number of furan rings is 1. The van der Waals surface area contributed by atoms with Crippen LogP contribution >= 0.6 is 70.6 Å². The van der Waals surface area contributed by atoms with Gasteiger partial charge in [0, 0.05) is 21.3 Å². The van der Waals surface area contributed by atoms with Crippen molar-refractivity contribution in [3.63, 3.8) is 0 Å². The molecule has 0 saturated carbocycles. The third-order valence-electron chi connectivity index (χ3n) is 3.99. The second-order valence-electron chi connectivity index (χ2n) is 5.96. The monoisotopic (exact) mass is 500 g/mol. The van der Waals surface area contributed by atoms with Crippen molar-refractivity contribution in [2.45, 2.75) is 23.0 Å². The Morgan fingerprint density at radius 1 is 0.897 bits per heavy atom. The lowest BCUT2D eigenvalue weighted by Crippen LogP contribution is -1.89. The lowest BCUT2D eigenvalue weighted by molar-refractivity contribution is -0.107. The summed E-state index contributed by atoms with van der Waals surface area (Å²) in [6.45, 7) is 11.2. The first-order valence-corrected chi connectivity index (χ1v) is 14.1. The zero-order chi connectivity index (χ0) is 21.0. The Morgan fingerprint density at radius 3 is 1.69 bits per heavy atom. The van der Waals surface area contributed by atoms with Crippen molar-refractivity contribution in [2.24, 2.45) is 0 Å². The Hall–Kier alpha value is -0.320. The van der Waals surface area contributed by atoms with Gasteiger partial charge in [0.1, 0.15) is 20.7 Å². The molecule has 3 heterocycles. The minimum absolute atomic E-state index is 0.00143. The highest BCUT2D eigenvalue weighted by Gasteiger charge is 2.31. The lowest BCUT2D eigenvalue weighted by Gasteiger charge is -2.08. The van der Waals surface area contributed by atoms with Gasteiger partial charge < -0.3 is 4.42 Å². The van der Waals surface area contributed by atoms with Crippen LogP contribution in [0.15, 0.2) is 61.5 Å². The standard InChI is InChI=1S/C20H20O3S6/c1-5-17(21)24-9-15-11(3)26-19(28-15)13-7-8-14(23-13)20-27-12(4)16(29-20)10-25-18(22)6-2/h5-8,19-20H,1-2,9-10H2,3-4H3. The molecule has 0 bridgehead atoms. The summed E-state index contributed by atoms with van der Waals surface area (Å²) < 4.78 is 6.59. The van der Waals surface area contributed by atoms with E-state index in [9.17, 15) is 9.59 Å². The molecule has 1 aromatic heterocycles. The highest BCUT2D eigenvalue weighted by Crippen LogP contribution is 2.59. The van der Waals surface area contributed by atoms with E-state index in [1.807, 2.05) is 0 Å². The number of carbonyl (C=O) groups excluding carboxylic acids is 2. The number of thioether (sulfide) groups is 6. The van der Waals surface area contributed by atoms with E-state index >= 15 is 0 Å². The minimum Gasteiger partial charge on any atom is -0.462 e. The number of carbonyl (C=O) groups is 2. The summed E-state index contributed by atoms with van der Waals surface area (Å²) in [5.74, 6) is 3.27. The van der Waals surface area contributed by atoms with Gasteiger partial charge in [-0.05, 0) is 47.9 Å². The van der Waals surface area contributed by atoms with Gasteiger partial charge in [0.05, 0.1) is 0 Å². The molecule has 2 atom stereocenters. The van der Waals surface area contributed by atoms with Crippen LogP contribution in [0.1, 0.15) is 34.5 Å². The van der Waals surface area contributed by atoms with Crippen LogP contribution in [0.5, 0.6) is 0 Å². The molecule has 0 aromatic carbocycles. The van der Waals surface area contributed by atoms with E-state index in [0.717, 1.165) is 11.5 Å². The number of allylic oxidation sites excluding steroid dienone is 2. The van der Waals surface area contributed by atoms with Crippen LogP contribution in [-0.2, 0) is 9.59 Å². The molecule has 3 rings (SSSR count). The summed E-state index contributed by atoms with van der Waals surface area (Å²) in [5, 5.41) is 0.00286. The normalized spacial score (nSPS) is 21.7. The largest absolute Gasteiger partial charge is 0.462 e. The van der Waals surface area contributed by atoms with Crippen LogP contribution in [-0.4, -0.2) is 21.7 Å². The van der Waals surface area contributed by atoms with Gasteiger partial charge in [-0.2, -0.15) is 0 Å². The third kappa shape index (κ3) is 6.11. The number of hydrogen-bond donors (Lipinski definition) is 0. The molecule has 29 heavy (non-hydrogen) atoms. The van der Waals surface area contributed by atoms with Crippen molar-refractivity contribution < 1.29 is 14.0 Å². The third-order valence-corrected chi connectivity index (χ3v) is 12.0. The van der Waals surface area contributed by atoms with Crippen molar-refractivity contribution in [3.05, 3.63) is 68.6 Å². The predicted octanol–water partition coefficient (Wildman–Crippen LogP) is 7.59. The van der Waals surface area contributed by atoms with Crippen LogP contribution in [0.25, 0.3) is 0 Å². The molecule has 0 spiro atoms. The van der Waals surface area contributed by atoms with Crippen molar-refractivity contribution in [1.29, 1.82) is 0 Å². The van der Waals surface area contributed by atoms with Gasteiger partial charge in [0.2, 0.25) is 10.2 Å². The van der Waals surface area contributed by atoms with E-state index in [1.165, 1.54) is 55.3 Å². The van der Waals surface area contributed by atoms with Gasteiger partial charge in [-0.3, -0.25) is 9.59 Å². The van der Waals surface area contributed by atoms with E-state index in [2.05, 4.69) is 39.1 Å². The second-order valence-corrected chi connectivity index (χ2v) is 13.6. The molecule has 0 amide bonds. The van der Waals surface area contributed by atoms with Gasteiger partial charge >= 0.3 is 0 Å². The average molecular weight is 501 g/mol. The highest BCUT2D eigenvalue weighted by molar-refractivity contribution is 8.24. The Bertz CT molecular complexity index is 827. The zero-order valence-electron chi connectivity index (χ0n) is 16.0. The fourth-order valence-electron chi connectivity index (χ4n) is 2.44. The molecule has 2 unspecified atom stereocenters. The SMILES string of the molecule is C=CC(=O)SCC1=C(C)SC(c2ccc(C3SC(C)=C(CSC(=O)C=C)S3)o2)S1. The van der Waals surface area contributed by atoms with Gasteiger partial charge in [-0.25, -0.2) is 0 Å². The summed E-state index contributed by atoms with van der Waals surface area (Å²) in [6, 6.07) is 4.12. The maximum absolute atomic E-state index is 11.5. The molecule has 0 saturated heterocycles. The fourth-order valence-corrected chi connectivity index (χ4v) is 10.1. The molecule has 2 aliphatic heterocycles. The first-order valence-electron chi connectivity index (χ1n) is 8.65. The zero-order valence-corrected chi connectivity index (χ0v) is 20.9. The summed E-state index contributed by atoms with van der Waals surface area (Å²) in [7, 11) is 0. The topological polar surface area (TPSA) is 47.3 Å². The maximum Gasteiger partial charge on any atom is 0.211 e. The molecule has 0 aliphatic carbocycles. The molecule has 9 heteroatoms. The molecule has 1 aromatic rings. The van der Waals surface area contributed by atoms with E-state index in [4.69, 9.17) is 4.42 Å². The Balaban J connectivity index is 1.57. The number of hydrogen-bond acceptors (Lipinski definition) is 9. The van der Waals surface area contributed by atoms with E-state index in [-0.39, 0.29) is 19.4 Å². The maximum atomic E-state index is 11.5. The van der Waals surface area contributed by atoms with Crippen LogP contribution in [0.3, 0.4) is 0 Å². The minimum atomic E-state index is 0.00143. The molecular weight excluding hydrogens is 481 g/mol. The summed E-state index contributed by atoms with van der Waals surface area (Å²) in [5.41, 5.74) is 0. The molecule has 154 valence electrons. The van der Waals surface area contributed by atoms with E-state index in [1.54, 1.807) is 47.0 Å². The fraction of sp³-hybridized carbons (Fsp3) is 0.300. The van der Waals surface area contributed by atoms with Crippen LogP contribution < -0.4 is 0 Å². The Kier molecular flexibility index (Phi) is 8.71. The molecule has 0 N–H and O–H groups in total. The van der Waals surface area contributed by atoms with E-state index < -0.39 is 0 Å². The molecule has 0 radical (unpaired) electrons. The first-order chi connectivity index (χ1) is 13.9. The summed E-state index contributed by atoms with van der Waals surface area (Å²) in [6.07, 6.45) is 2.72. The second kappa shape index (κ2) is 10.8. The quantitative estimate of drug-likeness (QED) is 0.336. The Morgan fingerprint density at radius 2 is 1.31 bits per heavy atom. The van der Waals surface area contributed by atoms with Crippen molar-refractivity contribution in [3.8, 4) is 0 Å². The van der Waals surface area contributed by atoms with Crippen LogP contribution in [0.4, 0.5) is 0 Å². The smallest absolute Gasteiger partial charge is 0.211 e. The molecule has 3 nitrogen and oxygen atoms in total. The number of rotatable bonds is 8. The molecule has 2 aliphatic rings. The average Bonchev–Trinajstić information content (AvgIpc) is 3.42. The van der Waals surface area contributed by atoms with Crippen LogP contribution in [0, 0.1) is 0 Å². The molecular formula is C20H20O3S6. The van der Waals surface area contributed by atoms with Crippen molar-refractivity contribution in [1.82, 2.24) is 0 Å². The van der Waals surface area contributed by atoms with Gasteiger partial charge in [-0.15, -0.1) is 47.0 Å². The highest BCUT2D eigenvalue weighted by atomic mass is 32.2. The van der Waals surface area contributed by atoms with E-state index in [0.29, 0.717) is 11.5 Å². The first kappa shape index (κ1) is 23.3. The van der Waals surface area contributed by atoms with Gasteiger partial charge in [0.25, 0.3) is 0 Å². The summed E-state index contributed by atoms with van der Waals surface area (Å²) >= 11 is 9.66. The predicted molar refractivity (Wildman–Crippen MR) is 135 cm³/mol. The molecule has 0 fully saturated rings. The lowest BCUT2D eigenvalue weighted by atomic mass is 10.4. The Labute approximate surface area is 196 Å².